The summed E-state index contributed by atoms with van der Waals surface area (Å²) < 4.78 is 37.5. The van der Waals surface area contributed by atoms with Gasteiger partial charge in [0.2, 0.25) is 0 Å². The van der Waals surface area contributed by atoms with Gasteiger partial charge in [0.15, 0.2) is 0 Å². The van der Waals surface area contributed by atoms with Crippen molar-refractivity contribution in [2.45, 2.75) is 23.6 Å². The van der Waals surface area contributed by atoms with Crippen molar-refractivity contribution < 1.29 is 42.5 Å². The van der Waals surface area contributed by atoms with E-state index in [2.05, 4.69) is 4.98 Å². The number of rotatable bonds is 4. The number of hydrogen-bond acceptors (Lipinski definition) is 6. The van der Waals surface area contributed by atoms with Gasteiger partial charge in [0.1, 0.15) is 15.1 Å². The van der Waals surface area contributed by atoms with Gasteiger partial charge in [-0.2, -0.15) is 0 Å². The molecule has 0 unspecified atom stereocenters. The zero-order valence-corrected chi connectivity index (χ0v) is 21.1. The van der Waals surface area contributed by atoms with Crippen LogP contribution in [0.25, 0.3) is 11.3 Å². The Morgan fingerprint density at radius 2 is 1.74 bits per heavy atom. The molecule has 0 atom stereocenters. The Balaban J connectivity index is 0.00000272. The molecular formula is C23H19N2NaO3S2. The van der Waals surface area contributed by atoms with Crippen molar-refractivity contribution in [3.05, 3.63) is 89.6 Å². The van der Waals surface area contributed by atoms with E-state index >= 15 is 0 Å². The van der Waals surface area contributed by atoms with Gasteiger partial charge in [-0.1, -0.05) is 54.2 Å². The maximum absolute atomic E-state index is 12.5. The van der Waals surface area contributed by atoms with Gasteiger partial charge in [-0.15, -0.1) is 0 Å². The van der Waals surface area contributed by atoms with Gasteiger partial charge in [0.05, 0.1) is 17.1 Å². The normalized spacial score (nSPS) is 13.8. The maximum atomic E-state index is 12.5. The minimum atomic E-state index is -4.80. The fourth-order valence-corrected chi connectivity index (χ4v) is 5.52. The van der Waals surface area contributed by atoms with E-state index < -0.39 is 10.1 Å². The van der Waals surface area contributed by atoms with Crippen molar-refractivity contribution in [3.63, 3.8) is 0 Å². The second kappa shape index (κ2) is 9.73. The first kappa shape index (κ1) is 23.8. The standard InChI is InChI=1S/C23H20N2O3S2.Na/c1-3-9-16(2)23(30(26,27)28)25-19-12-4-5-13-20(19)29-21-14-8-10-17(22(21)25)18-11-6-7-15-24-18;/h3-15H,1-2H3,(H,26,27,28);/q;+1/p-1. The van der Waals surface area contributed by atoms with Crippen molar-refractivity contribution in [1.82, 2.24) is 4.98 Å². The van der Waals surface area contributed by atoms with Crippen LogP contribution >= 0.6 is 11.8 Å². The van der Waals surface area contributed by atoms with Crippen LogP contribution in [0.2, 0.25) is 0 Å². The minimum absolute atomic E-state index is 0. The molecule has 4 rings (SSSR count). The number of allylic oxidation sites excluding steroid dienone is 3. The molecule has 0 saturated heterocycles. The van der Waals surface area contributed by atoms with E-state index in [0.29, 0.717) is 22.6 Å². The zero-order valence-electron chi connectivity index (χ0n) is 17.4. The Bertz CT molecular complexity index is 1270. The molecule has 0 aliphatic carbocycles. The summed E-state index contributed by atoms with van der Waals surface area (Å²) >= 11 is 1.54. The van der Waals surface area contributed by atoms with Gasteiger partial charge in [-0.3, -0.25) is 9.88 Å². The monoisotopic (exact) mass is 458 g/mol. The minimum Gasteiger partial charge on any atom is -0.743 e. The Kier molecular flexibility index (Phi) is 7.47. The van der Waals surface area contributed by atoms with E-state index in [1.54, 1.807) is 48.9 Å². The van der Waals surface area contributed by atoms with E-state index in [9.17, 15) is 13.0 Å². The number of fused-ring (bicyclic) bond motifs is 2. The molecule has 1 aliphatic heterocycles. The third kappa shape index (κ3) is 4.67. The Hall–Kier alpha value is -1.87. The molecule has 0 amide bonds. The second-order valence-electron chi connectivity index (χ2n) is 6.71. The fourth-order valence-electron chi connectivity index (χ4n) is 3.55. The molecule has 1 aromatic heterocycles. The molecule has 0 radical (unpaired) electrons. The quantitative estimate of drug-likeness (QED) is 0.340. The summed E-state index contributed by atoms with van der Waals surface area (Å²) in [5, 5.41) is -0.280. The third-order valence-corrected chi connectivity index (χ3v) is 6.78. The van der Waals surface area contributed by atoms with Crippen LogP contribution in [0.5, 0.6) is 0 Å². The SMILES string of the molecule is CC=CC(C)=C(N1c2ccccc2Sc2cccc(-c3ccccn3)c21)S(=O)(=O)[O-].[Na+]. The van der Waals surface area contributed by atoms with Crippen molar-refractivity contribution >= 4 is 33.3 Å². The molecule has 0 fully saturated rings. The molecule has 0 bridgehead atoms. The first-order chi connectivity index (χ1) is 14.4. The van der Waals surface area contributed by atoms with Crippen molar-refractivity contribution in [2.24, 2.45) is 0 Å². The molecule has 3 aromatic rings. The molecule has 8 heteroatoms. The van der Waals surface area contributed by atoms with Crippen LogP contribution in [0.1, 0.15) is 13.8 Å². The molecule has 2 heterocycles. The second-order valence-corrected chi connectivity index (χ2v) is 9.09. The van der Waals surface area contributed by atoms with Crippen LogP contribution in [-0.2, 0) is 10.1 Å². The first-order valence-corrected chi connectivity index (χ1v) is 11.5. The zero-order chi connectivity index (χ0) is 21.3. The molecule has 0 spiro atoms. The first-order valence-electron chi connectivity index (χ1n) is 9.32. The number of hydrogen-bond donors (Lipinski definition) is 0. The number of pyridine rings is 1. The van der Waals surface area contributed by atoms with E-state index in [-0.39, 0.29) is 34.6 Å². The number of benzene rings is 2. The topological polar surface area (TPSA) is 73.3 Å². The number of aromatic nitrogens is 1. The van der Waals surface area contributed by atoms with Crippen molar-refractivity contribution in [2.75, 3.05) is 4.90 Å². The van der Waals surface area contributed by atoms with Crippen molar-refractivity contribution in [1.29, 1.82) is 0 Å². The molecule has 1 aliphatic rings. The van der Waals surface area contributed by atoms with Crippen molar-refractivity contribution in [3.8, 4) is 11.3 Å². The summed E-state index contributed by atoms with van der Waals surface area (Å²) in [7, 11) is -4.80. The van der Waals surface area contributed by atoms with Crippen LogP contribution in [-0.4, -0.2) is 18.0 Å². The molecule has 0 N–H and O–H groups in total. The van der Waals surface area contributed by atoms with E-state index in [4.69, 9.17) is 0 Å². The molecule has 5 nitrogen and oxygen atoms in total. The van der Waals surface area contributed by atoms with Gasteiger partial charge in [0, 0.05) is 21.6 Å². The van der Waals surface area contributed by atoms with Gasteiger partial charge >= 0.3 is 29.6 Å². The van der Waals surface area contributed by atoms with Crippen LogP contribution < -0.4 is 34.5 Å². The molecular weight excluding hydrogens is 439 g/mol. The van der Waals surface area contributed by atoms with Crippen LogP contribution in [0.3, 0.4) is 0 Å². The number of anilines is 2. The van der Waals surface area contributed by atoms with Crippen LogP contribution in [0.4, 0.5) is 11.4 Å². The predicted octanol–water partition coefficient (Wildman–Crippen LogP) is 2.71. The van der Waals surface area contributed by atoms with Gasteiger partial charge < -0.3 is 4.55 Å². The van der Waals surface area contributed by atoms with Crippen LogP contribution in [0.15, 0.2) is 99.4 Å². The average Bonchev–Trinajstić information content (AvgIpc) is 2.73. The van der Waals surface area contributed by atoms with Gasteiger partial charge in [0.25, 0.3) is 0 Å². The van der Waals surface area contributed by atoms with Gasteiger partial charge in [-0.25, -0.2) is 8.42 Å². The largest absolute Gasteiger partial charge is 1.00 e. The maximum Gasteiger partial charge on any atom is 1.00 e. The summed E-state index contributed by atoms with van der Waals surface area (Å²) in [4.78, 5) is 7.75. The van der Waals surface area contributed by atoms with Gasteiger partial charge in [-0.05, 0) is 49.8 Å². The fraction of sp³-hybridized carbons (Fsp3) is 0.0870. The number of para-hydroxylation sites is 2. The average molecular weight is 459 g/mol. The van der Waals surface area contributed by atoms with E-state index in [1.807, 2.05) is 60.7 Å². The summed E-state index contributed by atoms with van der Waals surface area (Å²) in [6, 6.07) is 18.8. The summed E-state index contributed by atoms with van der Waals surface area (Å²) in [6.07, 6.45) is 5.05. The Morgan fingerprint density at radius 3 is 2.42 bits per heavy atom. The summed E-state index contributed by atoms with van der Waals surface area (Å²) in [6.45, 7) is 3.42. The third-order valence-electron chi connectivity index (χ3n) is 4.68. The predicted molar refractivity (Wildman–Crippen MR) is 120 cm³/mol. The Morgan fingerprint density at radius 1 is 1.03 bits per heavy atom. The Labute approximate surface area is 208 Å². The molecule has 0 saturated carbocycles. The molecule has 152 valence electrons. The van der Waals surface area contributed by atoms with Crippen LogP contribution in [0, 0.1) is 0 Å². The molecule has 31 heavy (non-hydrogen) atoms. The summed E-state index contributed by atoms with van der Waals surface area (Å²) in [5.74, 6) is 0. The number of nitrogens with zero attached hydrogens (tertiary/aromatic N) is 2. The summed E-state index contributed by atoms with van der Waals surface area (Å²) in [5.41, 5.74) is 3.11. The van der Waals surface area contributed by atoms with E-state index in [1.165, 1.54) is 0 Å². The van der Waals surface area contributed by atoms with E-state index in [0.717, 1.165) is 15.4 Å². The smallest absolute Gasteiger partial charge is 0.743 e. The molecule has 2 aromatic carbocycles.